The zero-order chi connectivity index (χ0) is 15.2. The van der Waals surface area contributed by atoms with Crippen LogP contribution >= 0.6 is 0 Å². The van der Waals surface area contributed by atoms with E-state index in [1.165, 1.54) is 6.92 Å². The highest BCUT2D eigenvalue weighted by Crippen LogP contribution is 2.28. The summed E-state index contributed by atoms with van der Waals surface area (Å²) in [6.45, 7) is 2.00. The fourth-order valence-electron chi connectivity index (χ4n) is 1.99. The molecule has 21 heavy (non-hydrogen) atoms. The van der Waals surface area contributed by atoms with Gasteiger partial charge in [-0.25, -0.2) is 0 Å². The standard InChI is InChI=1S/C16H18N2O3/c1-11(19)18-13-6-7-16(21-2)15(9-13)17-10-12-4-3-5-14(20)8-12/h3-9,17,20H,10H2,1-2H3,(H,18,19). The number of hydrogen-bond acceptors (Lipinski definition) is 4. The van der Waals surface area contributed by atoms with Crippen LogP contribution in [-0.2, 0) is 11.3 Å². The second kappa shape index (κ2) is 6.65. The van der Waals surface area contributed by atoms with Crippen LogP contribution in [0.3, 0.4) is 0 Å². The van der Waals surface area contributed by atoms with Gasteiger partial charge in [0.15, 0.2) is 0 Å². The first kappa shape index (κ1) is 14.7. The Kier molecular flexibility index (Phi) is 4.66. The van der Waals surface area contributed by atoms with E-state index in [1.54, 1.807) is 37.4 Å². The molecule has 0 aromatic heterocycles. The van der Waals surface area contributed by atoms with Crippen LogP contribution in [0.5, 0.6) is 11.5 Å². The van der Waals surface area contributed by atoms with Gasteiger partial charge in [0, 0.05) is 19.2 Å². The SMILES string of the molecule is COc1ccc(NC(C)=O)cc1NCc1cccc(O)c1. The van der Waals surface area contributed by atoms with Crippen molar-refractivity contribution < 1.29 is 14.6 Å². The van der Waals surface area contributed by atoms with Crippen LogP contribution in [-0.4, -0.2) is 18.1 Å². The number of benzene rings is 2. The fraction of sp³-hybridized carbons (Fsp3) is 0.188. The maximum atomic E-state index is 11.1. The average molecular weight is 286 g/mol. The van der Waals surface area contributed by atoms with Gasteiger partial charge in [-0.15, -0.1) is 0 Å². The van der Waals surface area contributed by atoms with Gasteiger partial charge >= 0.3 is 0 Å². The Hall–Kier alpha value is -2.69. The number of anilines is 2. The fourth-order valence-corrected chi connectivity index (χ4v) is 1.99. The van der Waals surface area contributed by atoms with Crippen LogP contribution in [0.1, 0.15) is 12.5 Å². The normalized spacial score (nSPS) is 10.0. The van der Waals surface area contributed by atoms with Crippen molar-refractivity contribution in [2.45, 2.75) is 13.5 Å². The molecule has 0 radical (unpaired) electrons. The molecule has 0 aliphatic heterocycles. The van der Waals surface area contributed by atoms with E-state index in [0.717, 1.165) is 11.3 Å². The molecule has 0 heterocycles. The molecule has 5 nitrogen and oxygen atoms in total. The van der Waals surface area contributed by atoms with E-state index in [1.807, 2.05) is 12.1 Å². The molecule has 2 rings (SSSR count). The van der Waals surface area contributed by atoms with Crippen molar-refractivity contribution in [1.29, 1.82) is 0 Å². The van der Waals surface area contributed by atoms with Crippen molar-refractivity contribution in [3.8, 4) is 11.5 Å². The summed E-state index contributed by atoms with van der Waals surface area (Å²) in [6, 6.07) is 12.4. The van der Waals surface area contributed by atoms with E-state index >= 15 is 0 Å². The van der Waals surface area contributed by atoms with Crippen molar-refractivity contribution in [2.24, 2.45) is 0 Å². The van der Waals surface area contributed by atoms with Crippen molar-refractivity contribution in [3.05, 3.63) is 48.0 Å². The molecule has 1 amide bonds. The Morgan fingerprint density at radius 1 is 1.24 bits per heavy atom. The minimum Gasteiger partial charge on any atom is -0.508 e. The van der Waals surface area contributed by atoms with Gasteiger partial charge in [-0.05, 0) is 35.9 Å². The first-order valence-corrected chi connectivity index (χ1v) is 6.56. The highest BCUT2D eigenvalue weighted by atomic mass is 16.5. The van der Waals surface area contributed by atoms with E-state index in [4.69, 9.17) is 4.74 Å². The lowest BCUT2D eigenvalue weighted by Gasteiger charge is -2.13. The Morgan fingerprint density at radius 3 is 2.71 bits per heavy atom. The van der Waals surface area contributed by atoms with Crippen LogP contribution in [0.25, 0.3) is 0 Å². The number of amides is 1. The Morgan fingerprint density at radius 2 is 2.05 bits per heavy atom. The molecular weight excluding hydrogens is 268 g/mol. The Bertz CT molecular complexity index is 641. The van der Waals surface area contributed by atoms with Gasteiger partial charge in [0.1, 0.15) is 11.5 Å². The molecule has 2 aromatic rings. The van der Waals surface area contributed by atoms with Gasteiger partial charge in [0.25, 0.3) is 0 Å². The summed E-state index contributed by atoms with van der Waals surface area (Å²) in [7, 11) is 1.59. The lowest BCUT2D eigenvalue weighted by atomic mass is 10.2. The third-order valence-corrected chi connectivity index (χ3v) is 2.91. The lowest BCUT2D eigenvalue weighted by molar-refractivity contribution is -0.114. The summed E-state index contributed by atoms with van der Waals surface area (Å²) < 4.78 is 5.29. The largest absolute Gasteiger partial charge is 0.508 e. The number of phenolic OH excluding ortho intramolecular Hbond substituents is 1. The minimum atomic E-state index is -0.126. The summed E-state index contributed by atoms with van der Waals surface area (Å²) in [6.07, 6.45) is 0. The monoisotopic (exact) mass is 286 g/mol. The third kappa shape index (κ3) is 4.14. The third-order valence-electron chi connectivity index (χ3n) is 2.91. The van der Waals surface area contributed by atoms with Crippen molar-refractivity contribution in [3.63, 3.8) is 0 Å². The maximum absolute atomic E-state index is 11.1. The van der Waals surface area contributed by atoms with Crippen molar-refractivity contribution >= 4 is 17.3 Å². The van der Waals surface area contributed by atoms with Crippen LogP contribution < -0.4 is 15.4 Å². The van der Waals surface area contributed by atoms with Gasteiger partial charge in [-0.2, -0.15) is 0 Å². The molecule has 0 spiro atoms. The zero-order valence-electron chi connectivity index (χ0n) is 12.0. The van der Waals surface area contributed by atoms with Gasteiger partial charge in [-0.1, -0.05) is 12.1 Å². The van der Waals surface area contributed by atoms with Gasteiger partial charge < -0.3 is 20.5 Å². The molecule has 0 aliphatic rings. The molecule has 2 aromatic carbocycles. The molecule has 5 heteroatoms. The number of rotatable bonds is 5. The second-order valence-electron chi connectivity index (χ2n) is 4.62. The molecule has 0 unspecified atom stereocenters. The number of aromatic hydroxyl groups is 1. The van der Waals surface area contributed by atoms with Crippen LogP contribution in [0.4, 0.5) is 11.4 Å². The zero-order valence-corrected chi connectivity index (χ0v) is 12.0. The van der Waals surface area contributed by atoms with E-state index in [0.29, 0.717) is 18.0 Å². The van der Waals surface area contributed by atoms with Crippen molar-refractivity contribution in [2.75, 3.05) is 17.7 Å². The number of nitrogens with one attached hydrogen (secondary N) is 2. The predicted molar refractivity (Wildman–Crippen MR) is 82.7 cm³/mol. The van der Waals surface area contributed by atoms with Crippen LogP contribution in [0, 0.1) is 0 Å². The summed E-state index contributed by atoms with van der Waals surface area (Å²) in [5.41, 5.74) is 2.41. The molecule has 0 fully saturated rings. The average Bonchev–Trinajstić information content (AvgIpc) is 2.45. The molecule has 0 atom stereocenters. The molecule has 110 valence electrons. The number of ether oxygens (including phenoxy) is 1. The highest BCUT2D eigenvalue weighted by Gasteiger charge is 2.05. The second-order valence-corrected chi connectivity index (χ2v) is 4.62. The number of carbonyl (C=O) groups is 1. The van der Waals surface area contributed by atoms with E-state index < -0.39 is 0 Å². The van der Waals surface area contributed by atoms with E-state index in [-0.39, 0.29) is 11.7 Å². The molecule has 0 aliphatic carbocycles. The number of hydrogen-bond donors (Lipinski definition) is 3. The first-order chi connectivity index (χ1) is 10.1. The quantitative estimate of drug-likeness (QED) is 0.790. The lowest BCUT2D eigenvalue weighted by Crippen LogP contribution is -2.07. The summed E-state index contributed by atoms with van der Waals surface area (Å²) >= 11 is 0. The van der Waals surface area contributed by atoms with E-state index in [2.05, 4.69) is 10.6 Å². The Labute approximate surface area is 123 Å². The number of phenols is 1. The van der Waals surface area contributed by atoms with Gasteiger partial charge in [-0.3, -0.25) is 4.79 Å². The van der Waals surface area contributed by atoms with E-state index in [9.17, 15) is 9.90 Å². The molecule has 0 saturated heterocycles. The number of methoxy groups -OCH3 is 1. The number of carbonyl (C=O) groups excluding carboxylic acids is 1. The van der Waals surface area contributed by atoms with Gasteiger partial charge in [0.2, 0.25) is 5.91 Å². The molecular formula is C16H18N2O3. The Balaban J connectivity index is 2.15. The van der Waals surface area contributed by atoms with Crippen molar-refractivity contribution in [1.82, 2.24) is 0 Å². The molecule has 3 N–H and O–H groups in total. The predicted octanol–water partition coefficient (Wildman–Crippen LogP) is 2.97. The molecule has 0 bridgehead atoms. The summed E-state index contributed by atoms with van der Waals surface area (Å²) in [4.78, 5) is 11.1. The maximum Gasteiger partial charge on any atom is 0.221 e. The van der Waals surface area contributed by atoms with Crippen LogP contribution in [0.15, 0.2) is 42.5 Å². The first-order valence-electron chi connectivity index (χ1n) is 6.56. The summed E-state index contributed by atoms with van der Waals surface area (Å²) in [5.74, 6) is 0.789. The topological polar surface area (TPSA) is 70.6 Å². The summed E-state index contributed by atoms with van der Waals surface area (Å²) in [5, 5.41) is 15.4. The smallest absolute Gasteiger partial charge is 0.221 e. The highest BCUT2D eigenvalue weighted by molar-refractivity contribution is 5.89. The molecule has 0 saturated carbocycles. The van der Waals surface area contributed by atoms with Crippen LogP contribution in [0.2, 0.25) is 0 Å². The minimum absolute atomic E-state index is 0.126. The van der Waals surface area contributed by atoms with Gasteiger partial charge in [0.05, 0.1) is 12.8 Å².